The summed E-state index contributed by atoms with van der Waals surface area (Å²) in [6.45, 7) is 9.16. The van der Waals surface area contributed by atoms with Crippen LogP contribution in [0.4, 0.5) is 11.5 Å². The molecule has 0 aliphatic carbocycles. The lowest BCUT2D eigenvalue weighted by Gasteiger charge is -2.39. The SMILES string of the molecule is CC1CN(CC2CCN(c3cc(C#N)c4cc([N+](=O)[O-])ccc4n3)CC2)CC(C)O1. The molecule has 0 amide bonds. The molecule has 0 N–H and O–H groups in total. The third-order valence-electron chi connectivity index (χ3n) is 6.06. The van der Waals surface area contributed by atoms with E-state index in [0.29, 0.717) is 22.4 Å². The number of nitrogens with zero attached hydrogens (tertiary/aromatic N) is 5. The van der Waals surface area contributed by atoms with Crippen LogP contribution in [-0.4, -0.2) is 59.7 Å². The number of hydrogen-bond acceptors (Lipinski definition) is 7. The highest BCUT2D eigenvalue weighted by molar-refractivity contribution is 5.88. The number of morpholine rings is 1. The Hall–Kier alpha value is -2.76. The average molecular weight is 409 g/mol. The average Bonchev–Trinajstić information content (AvgIpc) is 2.72. The topological polar surface area (TPSA) is 95.5 Å². The van der Waals surface area contributed by atoms with Crippen LogP contribution in [0.3, 0.4) is 0 Å². The first-order valence-corrected chi connectivity index (χ1v) is 10.5. The van der Waals surface area contributed by atoms with Crippen LogP contribution in [0.15, 0.2) is 24.3 Å². The van der Waals surface area contributed by atoms with Crippen LogP contribution in [0.25, 0.3) is 10.9 Å². The smallest absolute Gasteiger partial charge is 0.270 e. The van der Waals surface area contributed by atoms with Crippen LogP contribution < -0.4 is 4.90 Å². The summed E-state index contributed by atoms with van der Waals surface area (Å²) in [5.41, 5.74) is 1.02. The molecule has 2 saturated heterocycles. The summed E-state index contributed by atoms with van der Waals surface area (Å²) in [6, 6.07) is 8.44. The molecule has 2 aliphatic rings. The molecule has 8 nitrogen and oxygen atoms in total. The van der Waals surface area contributed by atoms with Crippen LogP contribution in [0, 0.1) is 27.4 Å². The zero-order chi connectivity index (χ0) is 21.3. The Kier molecular flexibility index (Phi) is 5.84. The number of anilines is 1. The molecule has 2 atom stereocenters. The predicted molar refractivity (Wildman–Crippen MR) is 114 cm³/mol. The Bertz CT molecular complexity index is 971. The molecule has 1 aromatic heterocycles. The van der Waals surface area contributed by atoms with Gasteiger partial charge in [-0.3, -0.25) is 15.0 Å². The minimum atomic E-state index is -0.449. The monoisotopic (exact) mass is 409 g/mol. The van der Waals surface area contributed by atoms with Crippen LogP contribution in [0.2, 0.25) is 0 Å². The summed E-state index contributed by atoms with van der Waals surface area (Å²) >= 11 is 0. The summed E-state index contributed by atoms with van der Waals surface area (Å²) in [7, 11) is 0. The highest BCUT2D eigenvalue weighted by atomic mass is 16.6. The minimum Gasteiger partial charge on any atom is -0.373 e. The van der Waals surface area contributed by atoms with Crippen molar-refractivity contribution in [2.75, 3.05) is 37.6 Å². The molecule has 0 saturated carbocycles. The molecule has 4 rings (SSSR count). The quantitative estimate of drug-likeness (QED) is 0.564. The number of pyridine rings is 1. The van der Waals surface area contributed by atoms with Gasteiger partial charge in [-0.1, -0.05) is 0 Å². The fourth-order valence-electron chi connectivity index (χ4n) is 4.71. The number of rotatable bonds is 4. The van der Waals surface area contributed by atoms with Crippen molar-refractivity contribution in [1.29, 1.82) is 5.26 Å². The number of nitro benzene ring substituents is 1. The second-order valence-corrected chi connectivity index (χ2v) is 8.50. The molecule has 0 spiro atoms. The van der Waals surface area contributed by atoms with Gasteiger partial charge in [0.2, 0.25) is 0 Å². The first-order valence-electron chi connectivity index (χ1n) is 10.5. The van der Waals surface area contributed by atoms with Gasteiger partial charge < -0.3 is 9.64 Å². The highest BCUT2D eigenvalue weighted by Gasteiger charge is 2.27. The number of benzene rings is 1. The van der Waals surface area contributed by atoms with Crippen LogP contribution in [0.5, 0.6) is 0 Å². The van der Waals surface area contributed by atoms with Crippen molar-refractivity contribution in [1.82, 2.24) is 9.88 Å². The summed E-state index contributed by atoms with van der Waals surface area (Å²) in [5.74, 6) is 1.43. The second-order valence-electron chi connectivity index (χ2n) is 8.50. The van der Waals surface area contributed by atoms with Crippen LogP contribution in [-0.2, 0) is 4.74 Å². The molecule has 2 aliphatic heterocycles. The Morgan fingerprint density at radius 1 is 1.23 bits per heavy atom. The summed E-state index contributed by atoms with van der Waals surface area (Å²) in [6.07, 6.45) is 2.75. The predicted octanol–water partition coefficient (Wildman–Crippen LogP) is 3.34. The van der Waals surface area contributed by atoms with Gasteiger partial charge in [0.1, 0.15) is 5.82 Å². The van der Waals surface area contributed by atoms with Crippen molar-refractivity contribution in [2.45, 2.75) is 38.9 Å². The lowest BCUT2D eigenvalue weighted by molar-refractivity contribution is -0.384. The van der Waals surface area contributed by atoms with Gasteiger partial charge in [-0.05, 0) is 44.7 Å². The van der Waals surface area contributed by atoms with E-state index in [1.54, 1.807) is 12.1 Å². The standard InChI is InChI=1S/C22H27N5O3/c1-15-12-25(13-16(2)30-15)14-17-5-7-26(8-6-17)22-9-18(11-23)20-10-19(27(28)29)3-4-21(20)24-22/h3-4,9-10,15-17H,5-8,12-14H2,1-2H3. The largest absolute Gasteiger partial charge is 0.373 e. The third-order valence-corrected chi connectivity index (χ3v) is 6.06. The van der Waals surface area contributed by atoms with Gasteiger partial charge >= 0.3 is 0 Å². The van der Waals surface area contributed by atoms with Crippen molar-refractivity contribution < 1.29 is 9.66 Å². The van der Waals surface area contributed by atoms with Crippen LogP contribution >= 0.6 is 0 Å². The lowest BCUT2D eigenvalue weighted by atomic mass is 9.95. The molecule has 3 heterocycles. The molecule has 2 fully saturated rings. The second kappa shape index (κ2) is 8.54. The van der Waals surface area contributed by atoms with E-state index >= 15 is 0 Å². The number of fused-ring (bicyclic) bond motifs is 1. The fraction of sp³-hybridized carbons (Fsp3) is 0.545. The zero-order valence-electron chi connectivity index (χ0n) is 17.5. The van der Waals surface area contributed by atoms with E-state index in [2.05, 4.69) is 29.7 Å². The maximum absolute atomic E-state index is 11.1. The van der Waals surface area contributed by atoms with E-state index in [4.69, 9.17) is 9.72 Å². The maximum Gasteiger partial charge on any atom is 0.270 e. The van der Waals surface area contributed by atoms with E-state index in [-0.39, 0.29) is 17.9 Å². The number of non-ortho nitro benzene ring substituents is 1. The van der Waals surface area contributed by atoms with Gasteiger partial charge in [0.15, 0.2) is 0 Å². The van der Waals surface area contributed by atoms with Crippen molar-refractivity contribution in [3.8, 4) is 6.07 Å². The normalized spacial score (nSPS) is 23.4. The first kappa shape index (κ1) is 20.5. The maximum atomic E-state index is 11.1. The van der Waals surface area contributed by atoms with Crippen molar-refractivity contribution in [3.63, 3.8) is 0 Å². The van der Waals surface area contributed by atoms with E-state index in [0.717, 1.165) is 51.4 Å². The third kappa shape index (κ3) is 4.37. The molecule has 0 radical (unpaired) electrons. The number of hydrogen-bond donors (Lipinski definition) is 0. The molecule has 8 heteroatoms. The Morgan fingerprint density at radius 3 is 2.57 bits per heavy atom. The number of nitro groups is 1. The zero-order valence-corrected chi connectivity index (χ0v) is 17.5. The lowest BCUT2D eigenvalue weighted by Crippen LogP contribution is -2.48. The van der Waals surface area contributed by atoms with Crippen LogP contribution in [0.1, 0.15) is 32.3 Å². The van der Waals surface area contributed by atoms with Crippen molar-refractivity contribution in [3.05, 3.63) is 39.9 Å². The first-order chi connectivity index (χ1) is 14.4. The van der Waals surface area contributed by atoms with Gasteiger partial charge in [0, 0.05) is 50.2 Å². The fourth-order valence-corrected chi connectivity index (χ4v) is 4.71. The Labute approximate surface area is 176 Å². The van der Waals surface area contributed by atoms with Crippen molar-refractivity contribution in [2.24, 2.45) is 5.92 Å². The molecule has 158 valence electrons. The van der Waals surface area contributed by atoms with E-state index in [1.165, 1.54) is 12.1 Å². The Morgan fingerprint density at radius 2 is 1.93 bits per heavy atom. The van der Waals surface area contributed by atoms with Gasteiger partial charge in [-0.15, -0.1) is 0 Å². The van der Waals surface area contributed by atoms with Gasteiger partial charge in [-0.25, -0.2) is 4.98 Å². The number of piperidine rings is 1. The molecular weight excluding hydrogens is 382 g/mol. The number of ether oxygens (including phenoxy) is 1. The van der Waals surface area contributed by atoms with E-state index in [9.17, 15) is 15.4 Å². The summed E-state index contributed by atoms with van der Waals surface area (Å²) in [5, 5.41) is 21.2. The molecule has 30 heavy (non-hydrogen) atoms. The summed E-state index contributed by atoms with van der Waals surface area (Å²) in [4.78, 5) is 20.0. The molecule has 1 aromatic carbocycles. The highest BCUT2D eigenvalue weighted by Crippen LogP contribution is 2.29. The Balaban J connectivity index is 1.45. The van der Waals surface area contributed by atoms with Gasteiger partial charge in [-0.2, -0.15) is 5.26 Å². The van der Waals surface area contributed by atoms with Gasteiger partial charge in [0.05, 0.1) is 34.3 Å². The van der Waals surface area contributed by atoms with Gasteiger partial charge in [0.25, 0.3) is 5.69 Å². The molecule has 2 aromatic rings. The van der Waals surface area contributed by atoms with E-state index in [1.807, 2.05) is 0 Å². The number of aromatic nitrogens is 1. The molecule has 2 unspecified atom stereocenters. The van der Waals surface area contributed by atoms with E-state index < -0.39 is 4.92 Å². The molecule has 0 bridgehead atoms. The summed E-state index contributed by atoms with van der Waals surface area (Å²) < 4.78 is 5.84. The minimum absolute atomic E-state index is 0.0267. The number of nitriles is 1. The molecular formula is C22H27N5O3. The van der Waals surface area contributed by atoms with Crippen molar-refractivity contribution >= 4 is 22.4 Å².